The summed E-state index contributed by atoms with van der Waals surface area (Å²) >= 11 is 1.61. The summed E-state index contributed by atoms with van der Waals surface area (Å²) in [6.07, 6.45) is 0.148. The summed E-state index contributed by atoms with van der Waals surface area (Å²) in [6, 6.07) is 17.6. The molecule has 0 spiro atoms. The fourth-order valence-electron chi connectivity index (χ4n) is 1.92. The summed E-state index contributed by atoms with van der Waals surface area (Å²) < 4.78 is 5.57. The van der Waals surface area contributed by atoms with Crippen molar-refractivity contribution >= 4 is 23.4 Å². The van der Waals surface area contributed by atoms with E-state index in [1.54, 1.807) is 11.8 Å². The first-order valence-corrected chi connectivity index (χ1v) is 8.47. The Bertz CT molecular complexity index is 582. The number of rotatable bonds is 7. The van der Waals surface area contributed by atoms with Gasteiger partial charge in [-0.05, 0) is 43.7 Å². The Balaban J connectivity index is 1.74. The molecule has 22 heavy (non-hydrogen) atoms. The number of carbonyl (C=O) groups excluding carboxylic acids is 1. The van der Waals surface area contributed by atoms with E-state index in [-0.39, 0.29) is 12.0 Å². The van der Waals surface area contributed by atoms with E-state index in [2.05, 4.69) is 17.4 Å². The molecule has 0 heterocycles. The second-order valence-electron chi connectivity index (χ2n) is 5.22. The zero-order valence-corrected chi connectivity index (χ0v) is 13.7. The second kappa shape index (κ2) is 8.49. The molecule has 0 radical (unpaired) electrons. The Kier molecular flexibility index (Phi) is 6.34. The van der Waals surface area contributed by atoms with Crippen molar-refractivity contribution in [3.05, 3.63) is 60.2 Å². The van der Waals surface area contributed by atoms with Crippen LogP contribution in [0.25, 0.3) is 0 Å². The normalized spacial score (nSPS) is 10.5. The predicted molar refractivity (Wildman–Crippen MR) is 93.4 cm³/mol. The standard InChI is InChI=1S/C18H21NO2S/c1-14(2)21-17-10-8-16(9-11-17)19-18(20)13-22-12-15-6-4-3-5-7-15/h3-11,14H,12-13H2,1-2H3,(H,19,20). The highest BCUT2D eigenvalue weighted by molar-refractivity contribution is 7.99. The molecule has 0 fully saturated rings. The zero-order chi connectivity index (χ0) is 15.8. The van der Waals surface area contributed by atoms with Crippen LogP contribution < -0.4 is 10.1 Å². The van der Waals surface area contributed by atoms with Crippen molar-refractivity contribution < 1.29 is 9.53 Å². The van der Waals surface area contributed by atoms with Crippen LogP contribution in [0.1, 0.15) is 19.4 Å². The van der Waals surface area contributed by atoms with Crippen LogP contribution in [0.5, 0.6) is 5.75 Å². The molecule has 0 aliphatic heterocycles. The molecule has 2 aromatic rings. The van der Waals surface area contributed by atoms with Crippen LogP contribution in [0.15, 0.2) is 54.6 Å². The van der Waals surface area contributed by atoms with E-state index in [1.165, 1.54) is 5.56 Å². The minimum absolute atomic E-state index is 0.0125. The van der Waals surface area contributed by atoms with E-state index in [4.69, 9.17) is 4.74 Å². The first-order valence-electron chi connectivity index (χ1n) is 7.32. The molecule has 0 aliphatic carbocycles. The van der Waals surface area contributed by atoms with Gasteiger partial charge in [0, 0.05) is 11.4 Å². The summed E-state index contributed by atoms with van der Waals surface area (Å²) in [6.45, 7) is 3.97. The van der Waals surface area contributed by atoms with Crippen molar-refractivity contribution in [3.63, 3.8) is 0 Å². The first kappa shape index (κ1) is 16.4. The number of hydrogen-bond acceptors (Lipinski definition) is 3. The molecule has 0 bridgehead atoms. The van der Waals surface area contributed by atoms with Gasteiger partial charge < -0.3 is 10.1 Å². The maximum Gasteiger partial charge on any atom is 0.234 e. The number of benzene rings is 2. The SMILES string of the molecule is CC(C)Oc1ccc(NC(=O)CSCc2ccccc2)cc1. The van der Waals surface area contributed by atoms with Gasteiger partial charge >= 0.3 is 0 Å². The number of anilines is 1. The number of nitrogens with one attached hydrogen (secondary N) is 1. The van der Waals surface area contributed by atoms with Gasteiger partial charge in [-0.25, -0.2) is 0 Å². The Morgan fingerprint density at radius 3 is 2.41 bits per heavy atom. The summed E-state index contributed by atoms with van der Waals surface area (Å²) in [5, 5.41) is 2.89. The number of amides is 1. The molecule has 116 valence electrons. The van der Waals surface area contributed by atoms with Gasteiger partial charge in [-0.3, -0.25) is 4.79 Å². The lowest BCUT2D eigenvalue weighted by molar-refractivity contribution is -0.113. The highest BCUT2D eigenvalue weighted by Gasteiger charge is 2.04. The molecule has 0 unspecified atom stereocenters. The van der Waals surface area contributed by atoms with E-state index < -0.39 is 0 Å². The third kappa shape index (κ3) is 5.82. The lowest BCUT2D eigenvalue weighted by Gasteiger charge is -2.10. The number of thioether (sulfide) groups is 1. The smallest absolute Gasteiger partial charge is 0.234 e. The van der Waals surface area contributed by atoms with Gasteiger partial charge in [0.1, 0.15) is 5.75 Å². The van der Waals surface area contributed by atoms with E-state index in [0.29, 0.717) is 5.75 Å². The summed E-state index contributed by atoms with van der Waals surface area (Å²) in [4.78, 5) is 11.9. The molecule has 2 rings (SSSR count). The molecule has 2 aromatic carbocycles. The average molecular weight is 315 g/mol. The molecule has 1 N–H and O–H groups in total. The summed E-state index contributed by atoms with van der Waals surface area (Å²) in [5.74, 6) is 2.11. The van der Waals surface area contributed by atoms with E-state index in [9.17, 15) is 4.79 Å². The van der Waals surface area contributed by atoms with Crippen molar-refractivity contribution in [2.45, 2.75) is 25.7 Å². The first-order chi connectivity index (χ1) is 10.6. The Morgan fingerprint density at radius 1 is 1.09 bits per heavy atom. The van der Waals surface area contributed by atoms with Crippen LogP contribution in [0.4, 0.5) is 5.69 Å². The fraction of sp³-hybridized carbons (Fsp3) is 0.278. The fourth-order valence-corrected chi connectivity index (χ4v) is 2.71. The number of hydrogen-bond donors (Lipinski definition) is 1. The monoisotopic (exact) mass is 315 g/mol. The van der Waals surface area contributed by atoms with Crippen molar-refractivity contribution in [1.82, 2.24) is 0 Å². The quantitative estimate of drug-likeness (QED) is 0.825. The highest BCUT2D eigenvalue weighted by atomic mass is 32.2. The molecule has 0 saturated heterocycles. The van der Waals surface area contributed by atoms with Crippen molar-refractivity contribution in [2.75, 3.05) is 11.1 Å². The third-order valence-electron chi connectivity index (χ3n) is 2.85. The van der Waals surface area contributed by atoms with Gasteiger partial charge in [0.15, 0.2) is 0 Å². The lowest BCUT2D eigenvalue weighted by atomic mass is 10.2. The number of carbonyl (C=O) groups is 1. The van der Waals surface area contributed by atoms with E-state index >= 15 is 0 Å². The Morgan fingerprint density at radius 2 is 1.77 bits per heavy atom. The minimum atomic E-state index is 0.0125. The van der Waals surface area contributed by atoms with Crippen molar-refractivity contribution in [1.29, 1.82) is 0 Å². The van der Waals surface area contributed by atoms with Crippen LogP contribution in [0.3, 0.4) is 0 Å². The molecule has 0 saturated carbocycles. The predicted octanol–water partition coefficient (Wildman–Crippen LogP) is 4.35. The summed E-state index contributed by atoms with van der Waals surface area (Å²) in [5.41, 5.74) is 2.02. The highest BCUT2D eigenvalue weighted by Crippen LogP contribution is 2.17. The third-order valence-corrected chi connectivity index (χ3v) is 3.86. The van der Waals surface area contributed by atoms with E-state index in [0.717, 1.165) is 17.2 Å². The molecule has 1 amide bonds. The second-order valence-corrected chi connectivity index (χ2v) is 6.20. The number of ether oxygens (including phenoxy) is 1. The van der Waals surface area contributed by atoms with Crippen LogP contribution in [0.2, 0.25) is 0 Å². The largest absolute Gasteiger partial charge is 0.491 e. The molecule has 0 aromatic heterocycles. The van der Waals surface area contributed by atoms with Gasteiger partial charge in [0.25, 0.3) is 0 Å². The van der Waals surface area contributed by atoms with Crippen molar-refractivity contribution in [3.8, 4) is 5.75 Å². The van der Waals surface area contributed by atoms with Crippen LogP contribution in [0, 0.1) is 0 Å². The molecule has 0 aliphatic rings. The van der Waals surface area contributed by atoms with Gasteiger partial charge in [0.2, 0.25) is 5.91 Å². The average Bonchev–Trinajstić information content (AvgIpc) is 2.50. The van der Waals surface area contributed by atoms with Crippen LogP contribution >= 0.6 is 11.8 Å². The maximum absolute atomic E-state index is 11.9. The summed E-state index contributed by atoms with van der Waals surface area (Å²) in [7, 11) is 0. The molecule has 3 nitrogen and oxygen atoms in total. The molecule has 4 heteroatoms. The van der Waals surface area contributed by atoms with Crippen LogP contribution in [-0.2, 0) is 10.5 Å². The Hall–Kier alpha value is -1.94. The zero-order valence-electron chi connectivity index (χ0n) is 12.9. The topological polar surface area (TPSA) is 38.3 Å². The minimum Gasteiger partial charge on any atom is -0.491 e. The van der Waals surface area contributed by atoms with Gasteiger partial charge in [0.05, 0.1) is 11.9 Å². The molecular weight excluding hydrogens is 294 g/mol. The van der Waals surface area contributed by atoms with E-state index in [1.807, 2.05) is 56.3 Å². The van der Waals surface area contributed by atoms with Gasteiger partial charge in [-0.2, -0.15) is 0 Å². The van der Waals surface area contributed by atoms with Crippen LogP contribution in [-0.4, -0.2) is 17.8 Å². The Labute approximate surface area is 136 Å². The molecule has 0 atom stereocenters. The van der Waals surface area contributed by atoms with Gasteiger partial charge in [-0.1, -0.05) is 30.3 Å². The lowest BCUT2D eigenvalue weighted by Crippen LogP contribution is -2.14. The van der Waals surface area contributed by atoms with Crippen molar-refractivity contribution in [2.24, 2.45) is 0 Å². The maximum atomic E-state index is 11.9. The molecular formula is C18H21NO2S. The van der Waals surface area contributed by atoms with Gasteiger partial charge in [-0.15, -0.1) is 11.8 Å².